The standard InChI is InChI=1S/C12H21N3O4/c1-3-12(2,10(17)18)7-14-11(19)15-6-4-5-8(15)9(13)16/h8H,3-7H2,1-2H3,(H2,13,16)(H,14,19)(H,17,18). The van der Waals surface area contributed by atoms with Gasteiger partial charge >= 0.3 is 12.0 Å². The first-order valence-electron chi connectivity index (χ1n) is 6.39. The van der Waals surface area contributed by atoms with Crippen molar-refractivity contribution in [1.29, 1.82) is 0 Å². The van der Waals surface area contributed by atoms with Gasteiger partial charge in [-0.1, -0.05) is 6.92 Å². The minimum atomic E-state index is -1.00. The number of carboxylic acids is 1. The first-order valence-corrected chi connectivity index (χ1v) is 6.39. The number of carbonyl (C=O) groups is 3. The summed E-state index contributed by atoms with van der Waals surface area (Å²) < 4.78 is 0. The zero-order valence-corrected chi connectivity index (χ0v) is 11.3. The van der Waals surface area contributed by atoms with Gasteiger partial charge in [0.1, 0.15) is 6.04 Å². The average Bonchev–Trinajstić information content (AvgIpc) is 2.84. The summed E-state index contributed by atoms with van der Waals surface area (Å²) >= 11 is 0. The van der Waals surface area contributed by atoms with E-state index in [4.69, 9.17) is 10.8 Å². The van der Waals surface area contributed by atoms with E-state index in [1.54, 1.807) is 13.8 Å². The van der Waals surface area contributed by atoms with Crippen LogP contribution in [0.5, 0.6) is 0 Å². The molecule has 0 radical (unpaired) electrons. The average molecular weight is 271 g/mol. The molecule has 1 rings (SSSR count). The van der Waals surface area contributed by atoms with E-state index in [-0.39, 0.29) is 6.54 Å². The van der Waals surface area contributed by atoms with Crippen LogP contribution in [0.25, 0.3) is 0 Å². The normalized spacial score (nSPS) is 21.8. The molecule has 1 heterocycles. The van der Waals surface area contributed by atoms with E-state index < -0.39 is 29.4 Å². The SMILES string of the molecule is CCC(C)(CNC(=O)N1CCCC1C(N)=O)C(=O)O. The molecule has 0 aliphatic carbocycles. The number of nitrogens with zero attached hydrogens (tertiary/aromatic N) is 1. The third-order valence-electron chi connectivity index (χ3n) is 3.77. The van der Waals surface area contributed by atoms with Crippen LogP contribution in [0.15, 0.2) is 0 Å². The second kappa shape index (κ2) is 5.90. The van der Waals surface area contributed by atoms with Gasteiger partial charge in [-0.3, -0.25) is 9.59 Å². The molecule has 4 N–H and O–H groups in total. The molecule has 2 unspecified atom stereocenters. The summed E-state index contributed by atoms with van der Waals surface area (Å²) in [6, 6.07) is -1.01. The van der Waals surface area contributed by atoms with Gasteiger partial charge in [-0.15, -0.1) is 0 Å². The van der Waals surface area contributed by atoms with E-state index in [2.05, 4.69) is 5.32 Å². The quantitative estimate of drug-likeness (QED) is 0.660. The van der Waals surface area contributed by atoms with Crippen LogP contribution in [0.1, 0.15) is 33.1 Å². The van der Waals surface area contributed by atoms with E-state index in [1.807, 2.05) is 0 Å². The monoisotopic (exact) mass is 271 g/mol. The summed E-state index contributed by atoms with van der Waals surface area (Å²) in [4.78, 5) is 35.6. The summed E-state index contributed by atoms with van der Waals surface area (Å²) in [5.74, 6) is -1.48. The van der Waals surface area contributed by atoms with Crippen molar-refractivity contribution < 1.29 is 19.5 Å². The van der Waals surface area contributed by atoms with Crippen molar-refractivity contribution in [3.05, 3.63) is 0 Å². The Kier molecular flexibility index (Phi) is 4.74. The fourth-order valence-corrected chi connectivity index (χ4v) is 2.03. The van der Waals surface area contributed by atoms with Gasteiger partial charge in [-0.05, 0) is 26.2 Å². The predicted molar refractivity (Wildman–Crippen MR) is 68.4 cm³/mol. The molecule has 0 saturated carbocycles. The number of nitrogens with one attached hydrogen (secondary N) is 1. The second-order valence-corrected chi connectivity index (χ2v) is 5.13. The highest BCUT2D eigenvalue weighted by Crippen LogP contribution is 2.21. The molecule has 7 heteroatoms. The number of aliphatic carboxylic acids is 1. The smallest absolute Gasteiger partial charge is 0.318 e. The number of urea groups is 1. The number of carbonyl (C=O) groups excluding carboxylic acids is 2. The number of nitrogens with two attached hydrogens (primary N) is 1. The lowest BCUT2D eigenvalue weighted by molar-refractivity contribution is -0.147. The van der Waals surface area contributed by atoms with Gasteiger partial charge in [0.15, 0.2) is 0 Å². The molecule has 7 nitrogen and oxygen atoms in total. The number of likely N-dealkylation sites (tertiary alicyclic amines) is 1. The molecule has 0 aromatic heterocycles. The minimum Gasteiger partial charge on any atom is -0.481 e. The summed E-state index contributed by atoms with van der Waals surface area (Å²) in [6.45, 7) is 3.82. The van der Waals surface area contributed by atoms with Crippen LogP contribution in [-0.2, 0) is 9.59 Å². The Morgan fingerprint density at radius 3 is 2.58 bits per heavy atom. The Balaban J connectivity index is 2.60. The van der Waals surface area contributed by atoms with Gasteiger partial charge in [0.2, 0.25) is 5.91 Å². The van der Waals surface area contributed by atoms with Crippen LogP contribution in [-0.4, -0.2) is 47.0 Å². The molecule has 0 bridgehead atoms. The van der Waals surface area contributed by atoms with Gasteiger partial charge < -0.3 is 21.1 Å². The van der Waals surface area contributed by atoms with Crippen molar-refractivity contribution in [3.63, 3.8) is 0 Å². The molecular formula is C12H21N3O4. The van der Waals surface area contributed by atoms with Crippen molar-refractivity contribution in [1.82, 2.24) is 10.2 Å². The van der Waals surface area contributed by atoms with Crippen molar-refractivity contribution in [3.8, 4) is 0 Å². The molecule has 1 aliphatic heterocycles. The van der Waals surface area contributed by atoms with Crippen LogP contribution in [0, 0.1) is 5.41 Å². The van der Waals surface area contributed by atoms with Crippen molar-refractivity contribution >= 4 is 17.9 Å². The fraction of sp³-hybridized carbons (Fsp3) is 0.750. The van der Waals surface area contributed by atoms with E-state index in [9.17, 15) is 14.4 Å². The highest BCUT2D eigenvalue weighted by atomic mass is 16.4. The number of hydrogen-bond donors (Lipinski definition) is 3. The zero-order chi connectivity index (χ0) is 14.6. The first-order chi connectivity index (χ1) is 8.81. The Labute approximate surface area is 112 Å². The minimum absolute atomic E-state index is 0.0274. The Morgan fingerprint density at radius 1 is 1.47 bits per heavy atom. The van der Waals surface area contributed by atoms with Gasteiger partial charge in [0.25, 0.3) is 0 Å². The van der Waals surface area contributed by atoms with Gasteiger partial charge in [0.05, 0.1) is 5.41 Å². The van der Waals surface area contributed by atoms with Crippen LogP contribution >= 0.6 is 0 Å². The Hall–Kier alpha value is -1.79. The van der Waals surface area contributed by atoms with E-state index in [0.29, 0.717) is 19.4 Å². The first kappa shape index (κ1) is 15.3. The molecule has 0 aromatic carbocycles. The Bertz CT molecular complexity index is 385. The molecule has 3 amide bonds. The number of primary amides is 1. The molecule has 2 atom stereocenters. The van der Waals surface area contributed by atoms with Crippen molar-refractivity contribution in [2.45, 2.75) is 39.2 Å². The summed E-state index contributed by atoms with van der Waals surface area (Å²) in [5.41, 5.74) is 4.23. The predicted octanol–water partition coefficient (Wildman–Crippen LogP) is 0.147. The summed E-state index contributed by atoms with van der Waals surface area (Å²) in [5, 5.41) is 11.7. The lowest BCUT2D eigenvalue weighted by atomic mass is 9.88. The maximum Gasteiger partial charge on any atom is 0.318 e. The number of hydrogen-bond acceptors (Lipinski definition) is 3. The molecule has 19 heavy (non-hydrogen) atoms. The number of rotatable bonds is 5. The maximum absolute atomic E-state index is 12.0. The van der Waals surface area contributed by atoms with E-state index >= 15 is 0 Å². The number of carboxylic acid groups (broad SMARTS) is 1. The highest BCUT2D eigenvalue weighted by Gasteiger charge is 2.35. The van der Waals surface area contributed by atoms with Gasteiger partial charge in [0, 0.05) is 13.1 Å². The Morgan fingerprint density at radius 2 is 2.11 bits per heavy atom. The molecule has 108 valence electrons. The second-order valence-electron chi connectivity index (χ2n) is 5.13. The number of amides is 3. The summed E-state index contributed by atoms with van der Waals surface area (Å²) in [7, 11) is 0. The lowest BCUT2D eigenvalue weighted by Crippen LogP contribution is -2.51. The van der Waals surface area contributed by atoms with Crippen molar-refractivity contribution in [2.24, 2.45) is 11.1 Å². The molecular weight excluding hydrogens is 250 g/mol. The third-order valence-corrected chi connectivity index (χ3v) is 3.77. The largest absolute Gasteiger partial charge is 0.481 e. The third kappa shape index (κ3) is 3.36. The molecule has 1 fully saturated rings. The van der Waals surface area contributed by atoms with Gasteiger partial charge in [-0.25, -0.2) is 4.79 Å². The maximum atomic E-state index is 12.0. The lowest BCUT2D eigenvalue weighted by Gasteiger charge is -2.27. The molecule has 1 saturated heterocycles. The van der Waals surface area contributed by atoms with Gasteiger partial charge in [-0.2, -0.15) is 0 Å². The topological polar surface area (TPSA) is 113 Å². The van der Waals surface area contributed by atoms with Crippen molar-refractivity contribution in [2.75, 3.05) is 13.1 Å². The van der Waals surface area contributed by atoms with Crippen LogP contribution in [0.4, 0.5) is 4.79 Å². The van der Waals surface area contributed by atoms with Crippen LogP contribution < -0.4 is 11.1 Å². The zero-order valence-electron chi connectivity index (χ0n) is 11.3. The summed E-state index contributed by atoms with van der Waals surface area (Å²) in [6.07, 6.45) is 1.69. The molecule has 0 spiro atoms. The molecule has 1 aliphatic rings. The van der Waals surface area contributed by atoms with E-state index in [1.165, 1.54) is 4.90 Å². The van der Waals surface area contributed by atoms with Crippen LogP contribution in [0.2, 0.25) is 0 Å². The van der Waals surface area contributed by atoms with Crippen LogP contribution in [0.3, 0.4) is 0 Å². The molecule has 0 aromatic rings. The highest BCUT2D eigenvalue weighted by molar-refractivity contribution is 5.86. The fourth-order valence-electron chi connectivity index (χ4n) is 2.03. The van der Waals surface area contributed by atoms with E-state index in [0.717, 1.165) is 6.42 Å².